The molecule has 1 aliphatic heterocycles. The van der Waals surface area contributed by atoms with Gasteiger partial charge in [-0.05, 0) is 49.8 Å². The summed E-state index contributed by atoms with van der Waals surface area (Å²) in [5.41, 5.74) is 3.66. The topological polar surface area (TPSA) is 71.0 Å². The molecule has 0 N–H and O–H groups in total. The molecule has 5 nitrogen and oxygen atoms in total. The Bertz CT molecular complexity index is 1100. The van der Waals surface area contributed by atoms with E-state index in [0.717, 1.165) is 22.9 Å². The molecule has 1 saturated carbocycles. The molecule has 3 heterocycles. The van der Waals surface area contributed by atoms with Crippen molar-refractivity contribution in [2.75, 3.05) is 0 Å². The number of fused-ring (bicyclic) bond motifs is 1. The van der Waals surface area contributed by atoms with Crippen LogP contribution in [0.4, 0.5) is 0 Å². The normalized spacial score (nSPS) is 15.9. The van der Waals surface area contributed by atoms with Crippen LogP contribution in [0.15, 0.2) is 46.0 Å². The molecule has 1 aliphatic carbocycles. The minimum atomic E-state index is -0.307. The highest BCUT2D eigenvalue weighted by molar-refractivity contribution is 5.36. The van der Waals surface area contributed by atoms with E-state index in [-0.39, 0.29) is 11.1 Å². The first kappa shape index (κ1) is 15.5. The summed E-state index contributed by atoms with van der Waals surface area (Å²) in [5.74, 6) is 0.544. The predicted molar refractivity (Wildman–Crippen MR) is 94.4 cm³/mol. The second kappa shape index (κ2) is 6.14. The highest BCUT2D eigenvalue weighted by Gasteiger charge is 2.26. The summed E-state index contributed by atoms with van der Waals surface area (Å²) in [7, 11) is 0. The molecule has 5 heteroatoms. The van der Waals surface area contributed by atoms with Crippen molar-refractivity contribution in [1.29, 1.82) is 5.26 Å². The van der Waals surface area contributed by atoms with Crippen LogP contribution >= 0.6 is 0 Å². The Morgan fingerprint density at radius 3 is 3.00 bits per heavy atom. The van der Waals surface area contributed by atoms with Crippen LogP contribution in [0.1, 0.15) is 48.9 Å². The maximum Gasteiger partial charge on any atom is 0.270 e. The summed E-state index contributed by atoms with van der Waals surface area (Å²) < 4.78 is 1.59. The lowest BCUT2D eigenvalue weighted by molar-refractivity contribution is 0.683. The Morgan fingerprint density at radius 2 is 2.24 bits per heavy atom. The fraction of sp³-hybridized carbons (Fsp3) is 0.300. The average molecular weight is 330 g/mol. The third kappa shape index (κ3) is 2.91. The molecule has 0 unspecified atom stereocenters. The lowest BCUT2D eigenvalue weighted by atomic mass is 10.1. The largest absolute Gasteiger partial charge is 0.285 e. The second-order valence-corrected chi connectivity index (χ2v) is 6.67. The first-order valence-electron chi connectivity index (χ1n) is 8.49. The van der Waals surface area contributed by atoms with Crippen LogP contribution in [0.5, 0.6) is 0 Å². The predicted octanol–water partition coefficient (Wildman–Crippen LogP) is 1.75. The quantitative estimate of drug-likeness (QED) is 0.861. The lowest BCUT2D eigenvalue weighted by Crippen LogP contribution is -2.44. The zero-order valence-electron chi connectivity index (χ0n) is 14.1. The standard InChI is InChI=1S/C20H18N4O/c1-13-4-5-15-9-16(10-21)20(25)24(19(15)23-11-13)12-18-17(14-6-7-14)3-2-8-22-18/h2-3,5,8-9,11,14H,4,6-7,12H2,1H3. The van der Waals surface area contributed by atoms with Crippen molar-refractivity contribution < 1.29 is 0 Å². The molecule has 2 aromatic heterocycles. The zero-order chi connectivity index (χ0) is 17.4. The smallest absolute Gasteiger partial charge is 0.270 e. The van der Waals surface area contributed by atoms with Gasteiger partial charge in [-0.25, -0.2) is 4.99 Å². The molecule has 0 atom stereocenters. The van der Waals surface area contributed by atoms with E-state index in [1.165, 1.54) is 18.4 Å². The van der Waals surface area contributed by atoms with Crippen LogP contribution in [-0.2, 0) is 6.54 Å². The van der Waals surface area contributed by atoms with E-state index in [0.29, 0.717) is 18.0 Å². The van der Waals surface area contributed by atoms with E-state index in [4.69, 9.17) is 0 Å². The molecule has 0 saturated heterocycles. The summed E-state index contributed by atoms with van der Waals surface area (Å²) >= 11 is 0. The molecule has 124 valence electrons. The molecular formula is C20H18N4O. The summed E-state index contributed by atoms with van der Waals surface area (Å²) in [6.45, 7) is 2.34. The third-order valence-electron chi connectivity index (χ3n) is 4.71. The molecule has 0 bridgehead atoms. The van der Waals surface area contributed by atoms with Crippen LogP contribution in [-0.4, -0.2) is 9.55 Å². The van der Waals surface area contributed by atoms with Gasteiger partial charge in [0, 0.05) is 17.6 Å². The maximum absolute atomic E-state index is 12.8. The summed E-state index contributed by atoms with van der Waals surface area (Å²) in [6, 6.07) is 7.69. The number of rotatable bonds is 3. The van der Waals surface area contributed by atoms with Gasteiger partial charge in [0.25, 0.3) is 5.56 Å². The van der Waals surface area contributed by atoms with E-state index in [1.54, 1.807) is 23.0 Å². The van der Waals surface area contributed by atoms with Gasteiger partial charge in [-0.15, -0.1) is 0 Å². The van der Waals surface area contributed by atoms with Crippen LogP contribution in [0.25, 0.3) is 6.08 Å². The van der Waals surface area contributed by atoms with Gasteiger partial charge < -0.3 is 0 Å². The molecule has 2 aromatic rings. The van der Waals surface area contributed by atoms with Crippen molar-refractivity contribution in [2.24, 2.45) is 4.99 Å². The van der Waals surface area contributed by atoms with Crippen molar-refractivity contribution >= 4 is 6.08 Å². The second-order valence-electron chi connectivity index (χ2n) is 6.67. The van der Waals surface area contributed by atoms with Crippen LogP contribution in [0.3, 0.4) is 0 Å². The molecular weight excluding hydrogens is 312 g/mol. The maximum atomic E-state index is 12.8. The van der Waals surface area contributed by atoms with Gasteiger partial charge in [0.05, 0.1) is 12.2 Å². The summed E-state index contributed by atoms with van der Waals surface area (Å²) in [4.78, 5) is 21.8. The third-order valence-corrected chi connectivity index (χ3v) is 4.71. The van der Waals surface area contributed by atoms with E-state index in [9.17, 15) is 10.1 Å². The van der Waals surface area contributed by atoms with E-state index in [1.807, 2.05) is 25.1 Å². The fourth-order valence-electron chi connectivity index (χ4n) is 3.19. The van der Waals surface area contributed by atoms with Crippen molar-refractivity contribution in [3.63, 3.8) is 0 Å². The number of pyridine rings is 2. The Morgan fingerprint density at radius 1 is 1.40 bits per heavy atom. The minimum absolute atomic E-state index is 0.147. The van der Waals surface area contributed by atoms with Gasteiger partial charge in [-0.2, -0.15) is 5.26 Å². The van der Waals surface area contributed by atoms with Gasteiger partial charge in [0.2, 0.25) is 0 Å². The van der Waals surface area contributed by atoms with Gasteiger partial charge >= 0.3 is 0 Å². The fourth-order valence-corrected chi connectivity index (χ4v) is 3.19. The van der Waals surface area contributed by atoms with Crippen molar-refractivity contribution in [2.45, 2.75) is 38.6 Å². The molecule has 2 aliphatic rings. The Labute approximate surface area is 145 Å². The van der Waals surface area contributed by atoms with Crippen molar-refractivity contribution in [3.05, 3.63) is 74.0 Å². The van der Waals surface area contributed by atoms with Crippen LogP contribution in [0.2, 0.25) is 0 Å². The van der Waals surface area contributed by atoms with E-state index < -0.39 is 0 Å². The van der Waals surface area contributed by atoms with Gasteiger partial charge in [-0.3, -0.25) is 14.3 Å². The van der Waals surface area contributed by atoms with Crippen LogP contribution in [0, 0.1) is 11.3 Å². The zero-order valence-corrected chi connectivity index (χ0v) is 14.1. The Hall–Kier alpha value is -3.00. The molecule has 0 radical (unpaired) electrons. The van der Waals surface area contributed by atoms with Crippen molar-refractivity contribution in [1.82, 2.24) is 9.55 Å². The Kier molecular flexibility index (Phi) is 3.81. The Balaban J connectivity index is 1.94. The van der Waals surface area contributed by atoms with E-state index >= 15 is 0 Å². The number of hydrogen-bond donors (Lipinski definition) is 0. The van der Waals surface area contributed by atoms with Gasteiger partial charge in [0.1, 0.15) is 17.1 Å². The van der Waals surface area contributed by atoms with Gasteiger partial charge in [-0.1, -0.05) is 17.7 Å². The highest BCUT2D eigenvalue weighted by Crippen LogP contribution is 2.41. The van der Waals surface area contributed by atoms with Crippen molar-refractivity contribution in [3.8, 4) is 6.07 Å². The first-order valence-corrected chi connectivity index (χ1v) is 8.49. The summed E-state index contributed by atoms with van der Waals surface area (Å²) in [5, 5.41) is 10.2. The molecule has 0 aromatic carbocycles. The monoisotopic (exact) mass is 330 g/mol. The first-order chi connectivity index (χ1) is 12.2. The van der Waals surface area contributed by atoms with Gasteiger partial charge in [0.15, 0.2) is 0 Å². The lowest BCUT2D eigenvalue weighted by Gasteiger charge is -2.11. The molecule has 25 heavy (non-hydrogen) atoms. The highest BCUT2D eigenvalue weighted by atomic mass is 16.1. The molecule has 4 rings (SSSR count). The van der Waals surface area contributed by atoms with E-state index in [2.05, 4.69) is 16.0 Å². The SMILES string of the molecule is CC1=CN=c2c(cc(C#N)c(=O)n2Cc2ncccc2C2CC2)=CC1. The molecule has 0 spiro atoms. The number of allylic oxidation sites excluding steroid dienone is 1. The number of nitriles is 1. The van der Waals surface area contributed by atoms with Crippen LogP contribution < -0.4 is 16.3 Å². The number of aromatic nitrogens is 2. The summed E-state index contributed by atoms with van der Waals surface area (Å²) in [6.07, 6.45) is 8.68. The number of hydrogen-bond acceptors (Lipinski definition) is 4. The minimum Gasteiger partial charge on any atom is -0.285 e. The molecule has 1 fully saturated rings. The number of nitrogens with zero attached hydrogens (tertiary/aromatic N) is 4. The molecule has 0 amide bonds. The average Bonchev–Trinajstić information content (AvgIpc) is 3.46.